The van der Waals surface area contributed by atoms with Crippen molar-refractivity contribution in [1.29, 1.82) is 0 Å². The van der Waals surface area contributed by atoms with Crippen LogP contribution in [-0.2, 0) is 0 Å². The van der Waals surface area contributed by atoms with Gasteiger partial charge >= 0.3 is 6.09 Å². The van der Waals surface area contributed by atoms with Gasteiger partial charge in [-0.2, -0.15) is 0 Å². The van der Waals surface area contributed by atoms with E-state index in [0.717, 1.165) is 19.3 Å². The van der Waals surface area contributed by atoms with Crippen LogP contribution in [0, 0.1) is 0 Å². The topological polar surface area (TPSA) is 52.6 Å². The summed E-state index contributed by atoms with van der Waals surface area (Å²) in [4.78, 5) is 12.5. The third-order valence-corrected chi connectivity index (χ3v) is 2.46. The third-order valence-electron chi connectivity index (χ3n) is 2.46. The van der Waals surface area contributed by atoms with Crippen LogP contribution in [0.15, 0.2) is 0 Å². The van der Waals surface area contributed by atoms with E-state index in [2.05, 4.69) is 10.2 Å². The standard InChI is InChI=1S/C8H16N2O2/c1-10(2)7-4-3-6(5-7)9-8(11)12/h6-7,9H,3-5H2,1-2H3,(H,11,12)/t6-,7-/m0/s1. The maximum Gasteiger partial charge on any atom is 0.404 e. The summed E-state index contributed by atoms with van der Waals surface area (Å²) >= 11 is 0. The van der Waals surface area contributed by atoms with Crippen LogP contribution >= 0.6 is 0 Å². The molecule has 0 aromatic heterocycles. The van der Waals surface area contributed by atoms with Crippen LogP contribution in [0.3, 0.4) is 0 Å². The van der Waals surface area contributed by atoms with Gasteiger partial charge in [0.05, 0.1) is 0 Å². The molecule has 1 aliphatic rings. The highest BCUT2D eigenvalue weighted by molar-refractivity contribution is 5.64. The molecule has 70 valence electrons. The normalized spacial score (nSPS) is 29.2. The van der Waals surface area contributed by atoms with Gasteiger partial charge in [0.1, 0.15) is 0 Å². The van der Waals surface area contributed by atoms with Gasteiger partial charge in [-0.05, 0) is 33.4 Å². The van der Waals surface area contributed by atoms with Gasteiger partial charge in [0.2, 0.25) is 0 Å². The van der Waals surface area contributed by atoms with Crippen molar-refractivity contribution in [2.45, 2.75) is 31.3 Å². The van der Waals surface area contributed by atoms with Crippen molar-refractivity contribution in [2.75, 3.05) is 14.1 Å². The molecule has 4 nitrogen and oxygen atoms in total. The van der Waals surface area contributed by atoms with E-state index in [9.17, 15) is 4.79 Å². The number of rotatable bonds is 2. The van der Waals surface area contributed by atoms with Crippen LogP contribution in [0.25, 0.3) is 0 Å². The third kappa shape index (κ3) is 2.37. The molecule has 1 rings (SSSR count). The summed E-state index contributed by atoms with van der Waals surface area (Å²) in [6.07, 6.45) is 2.10. The maximum absolute atomic E-state index is 10.3. The lowest BCUT2D eigenvalue weighted by molar-refractivity contribution is 0.189. The molecule has 2 atom stereocenters. The minimum absolute atomic E-state index is 0.162. The van der Waals surface area contributed by atoms with Crippen LogP contribution in [0.2, 0.25) is 0 Å². The highest BCUT2D eigenvalue weighted by Gasteiger charge is 2.26. The number of amides is 1. The predicted octanol–water partition coefficient (Wildman–Crippen LogP) is 0.737. The lowest BCUT2D eigenvalue weighted by Gasteiger charge is -2.18. The number of carbonyl (C=O) groups is 1. The second-order valence-electron chi connectivity index (χ2n) is 3.58. The Labute approximate surface area is 72.6 Å². The van der Waals surface area contributed by atoms with Crippen LogP contribution in [-0.4, -0.2) is 42.3 Å². The van der Waals surface area contributed by atoms with Crippen molar-refractivity contribution in [3.05, 3.63) is 0 Å². The van der Waals surface area contributed by atoms with Gasteiger partial charge in [-0.25, -0.2) is 4.79 Å². The van der Waals surface area contributed by atoms with Crippen molar-refractivity contribution < 1.29 is 9.90 Å². The highest BCUT2D eigenvalue weighted by atomic mass is 16.4. The predicted molar refractivity (Wildman–Crippen MR) is 46.3 cm³/mol. The largest absolute Gasteiger partial charge is 0.465 e. The summed E-state index contributed by atoms with van der Waals surface area (Å²) < 4.78 is 0. The first-order chi connectivity index (χ1) is 5.59. The van der Waals surface area contributed by atoms with Gasteiger partial charge in [0.25, 0.3) is 0 Å². The molecule has 0 aromatic carbocycles. The van der Waals surface area contributed by atoms with E-state index in [1.165, 1.54) is 0 Å². The Kier molecular flexibility index (Phi) is 2.92. The number of nitrogens with zero attached hydrogens (tertiary/aromatic N) is 1. The zero-order valence-corrected chi connectivity index (χ0v) is 7.58. The minimum Gasteiger partial charge on any atom is -0.465 e. The van der Waals surface area contributed by atoms with Crippen molar-refractivity contribution in [1.82, 2.24) is 10.2 Å². The van der Waals surface area contributed by atoms with E-state index in [0.29, 0.717) is 6.04 Å². The summed E-state index contributed by atoms with van der Waals surface area (Å²) in [5.74, 6) is 0. The average Bonchev–Trinajstić information content (AvgIpc) is 2.34. The Morgan fingerprint density at radius 1 is 1.50 bits per heavy atom. The molecule has 1 aliphatic carbocycles. The number of nitrogens with one attached hydrogen (secondary N) is 1. The maximum atomic E-state index is 10.3. The molecule has 12 heavy (non-hydrogen) atoms. The van der Waals surface area contributed by atoms with E-state index >= 15 is 0 Å². The molecule has 0 bridgehead atoms. The molecular formula is C8H16N2O2. The fourth-order valence-corrected chi connectivity index (χ4v) is 1.73. The first-order valence-electron chi connectivity index (χ1n) is 4.25. The van der Waals surface area contributed by atoms with E-state index in [-0.39, 0.29) is 6.04 Å². The Morgan fingerprint density at radius 3 is 2.58 bits per heavy atom. The van der Waals surface area contributed by atoms with Crippen LogP contribution in [0.4, 0.5) is 4.79 Å². The summed E-state index contributed by atoms with van der Waals surface area (Å²) in [5, 5.41) is 11.0. The monoisotopic (exact) mass is 172 g/mol. The quantitative estimate of drug-likeness (QED) is 0.646. The Hall–Kier alpha value is -0.770. The molecule has 0 aromatic rings. The fourth-order valence-electron chi connectivity index (χ4n) is 1.73. The van der Waals surface area contributed by atoms with Crippen LogP contribution < -0.4 is 5.32 Å². The van der Waals surface area contributed by atoms with E-state index < -0.39 is 6.09 Å². The molecular weight excluding hydrogens is 156 g/mol. The van der Waals surface area contributed by atoms with E-state index in [1.54, 1.807) is 0 Å². The molecule has 0 unspecified atom stereocenters. The minimum atomic E-state index is -0.903. The van der Waals surface area contributed by atoms with Crippen LogP contribution in [0.1, 0.15) is 19.3 Å². The molecule has 1 saturated carbocycles. The zero-order valence-electron chi connectivity index (χ0n) is 7.58. The summed E-state index contributed by atoms with van der Waals surface area (Å²) in [6.45, 7) is 0. The SMILES string of the molecule is CN(C)[C@H]1CC[C@H](NC(=O)O)C1. The van der Waals surface area contributed by atoms with Crippen molar-refractivity contribution in [2.24, 2.45) is 0 Å². The number of hydrogen-bond donors (Lipinski definition) is 2. The molecule has 0 heterocycles. The van der Waals surface area contributed by atoms with E-state index in [1.807, 2.05) is 14.1 Å². The molecule has 1 amide bonds. The number of carboxylic acid groups (broad SMARTS) is 1. The van der Waals surface area contributed by atoms with Gasteiger partial charge in [-0.15, -0.1) is 0 Å². The Morgan fingerprint density at radius 2 is 2.17 bits per heavy atom. The van der Waals surface area contributed by atoms with Gasteiger partial charge in [0.15, 0.2) is 0 Å². The summed E-state index contributed by atoms with van der Waals surface area (Å²) in [6, 6.07) is 0.705. The summed E-state index contributed by atoms with van der Waals surface area (Å²) in [7, 11) is 4.07. The highest BCUT2D eigenvalue weighted by Crippen LogP contribution is 2.22. The van der Waals surface area contributed by atoms with Gasteiger partial charge < -0.3 is 15.3 Å². The molecule has 0 radical (unpaired) electrons. The van der Waals surface area contributed by atoms with Gasteiger partial charge in [-0.3, -0.25) is 0 Å². The molecule has 0 spiro atoms. The molecule has 2 N–H and O–H groups in total. The second-order valence-corrected chi connectivity index (χ2v) is 3.58. The second kappa shape index (κ2) is 3.76. The van der Waals surface area contributed by atoms with Crippen molar-refractivity contribution >= 4 is 6.09 Å². The Bertz CT molecular complexity index is 170. The zero-order chi connectivity index (χ0) is 9.14. The van der Waals surface area contributed by atoms with Crippen molar-refractivity contribution in [3.63, 3.8) is 0 Å². The lowest BCUT2D eigenvalue weighted by atomic mass is 10.2. The summed E-state index contributed by atoms with van der Waals surface area (Å²) in [5.41, 5.74) is 0. The fraction of sp³-hybridized carbons (Fsp3) is 0.875. The van der Waals surface area contributed by atoms with E-state index in [4.69, 9.17) is 5.11 Å². The molecule has 0 saturated heterocycles. The van der Waals surface area contributed by atoms with Gasteiger partial charge in [0, 0.05) is 12.1 Å². The van der Waals surface area contributed by atoms with Crippen molar-refractivity contribution in [3.8, 4) is 0 Å². The first kappa shape index (κ1) is 9.32. The van der Waals surface area contributed by atoms with Crippen LogP contribution in [0.5, 0.6) is 0 Å². The molecule has 0 aliphatic heterocycles. The first-order valence-corrected chi connectivity index (χ1v) is 4.25. The smallest absolute Gasteiger partial charge is 0.404 e. The molecule has 4 heteroatoms. The van der Waals surface area contributed by atoms with Gasteiger partial charge in [-0.1, -0.05) is 0 Å². The lowest BCUT2D eigenvalue weighted by Crippen LogP contribution is -2.33. The average molecular weight is 172 g/mol. The number of hydrogen-bond acceptors (Lipinski definition) is 2. The Balaban J connectivity index is 2.30. The molecule has 1 fully saturated rings.